The molecular weight excluding hydrogens is 600 g/mol. The number of likely N-dealkylation sites (N-methyl/N-ethyl adjacent to an activating group) is 1. The average molecular weight is 629 g/mol. The molecule has 0 saturated heterocycles. The number of rotatable bonds is 11. The minimum atomic E-state index is -4.39. The molecule has 0 heterocycles. The molecule has 0 bridgehead atoms. The quantitative estimate of drug-likeness (QED) is 0.231. The molecule has 0 aliphatic carbocycles. The molecule has 218 valence electrons. The third kappa shape index (κ3) is 7.28. The number of carbonyl (C=O) groups excluding carboxylic acids is 2. The van der Waals surface area contributed by atoms with Crippen LogP contribution in [0.2, 0.25) is 10.0 Å². The lowest BCUT2D eigenvalue weighted by Gasteiger charge is -2.33. The molecule has 2 amide bonds. The maximum absolute atomic E-state index is 15.1. The van der Waals surface area contributed by atoms with E-state index < -0.39 is 40.2 Å². The average Bonchev–Trinajstić information content (AvgIpc) is 3.00. The van der Waals surface area contributed by atoms with E-state index >= 15 is 4.39 Å². The van der Waals surface area contributed by atoms with Gasteiger partial charge in [0.1, 0.15) is 18.4 Å². The van der Waals surface area contributed by atoms with Gasteiger partial charge < -0.3 is 10.2 Å². The highest BCUT2D eigenvalue weighted by Gasteiger charge is 2.35. The predicted octanol–water partition coefficient (Wildman–Crippen LogP) is 5.71. The summed E-state index contributed by atoms with van der Waals surface area (Å²) >= 11 is 12.3. The number of benzene rings is 4. The lowest BCUT2D eigenvalue weighted by molar-refractivity contribution is -0.139. The third-order valence-corrected chi connectivity index (χ3v) is 9.10. The highest BCUT2D eigenvalue weighted by Crippen LogP contribution is 2.28. The van der Waals surface area contributed by atoms with Gasteiger partial charge in [-0.2, -0.15) is 0 Å². The van der Waals surface area contributed by atoms with E-state index in [0.717, 1.165) is 15.9 Å². The summed E-state index contributed by atoms with van der Waals surface area (Å²) in [5.74, 6) is -2.02. The number of hydrogen-bond acceptors (Lipinski definition) is 4. The van der Waals surface area contributed by atoms with Crippen molar-refractivity contribution in [2.24, 2.45) is 0 Å². The van der Waals surface area contributed by atoms with Crippen molar-refractivity contribution < 1.29 is 22.4 Å². The standard InChI is InChI=1S/C31H28Cl2FN3O4S/c1-35-31(39)29(19-22-10-4-2-5-11-22)36(20-23-16-17-25(32)26(33)18-23)30(38)21-37(28-15-9-8-14-27(28)34)42(40,41)24-12-6-3-7-13-24/h2-18,29H,19-21H2,1H3,(H,35,39). The Morgan fingerprint density at radius 2 is 1.45 bits per heavy atom. The van der Waals surface area contributed by atoms with E-state index in [1.54, 1.807) is 24.3 Å². The fourth-order valence-electron chi connectivity index (χ4n) is 4.44. The van der Waals surface area contributed by atoms with Crippen molar-refractivity contribution in [1.29, 1.82) is 0 Å². The Bertz CT molecular complexity index is 1660. The first kappa shape index (κ1) is 31.0. The minimum Gasteiger partial charge on any atom is -0.357 e. The zero-order chi connectivity index (χ0) is 30.3. The Balaban J connectivity index is 1.80. The number of para-hydroxylation sites is 1. The summed E-state index contributed by atoms with van der Waals surface area (Å²) < 4.78 is 43.4. The second kappa shape index (κ2) is 13.8. The van der Waals surface area contributed by atoms with E-state index in [2.05, 4.69) is 5.32 Å². The zero-order valence-electron chi connectivity index (χ0n) is 22.6. The summed E-state index contributed by atoms with van der Waals surface area (Å²) in [5.41, 5.74) is 1.03. The smallest absolute Gasteiger partial charge is 0.264 e. The number of carbonyl (C=O) groups is 2. The number of anilines is 1. The van der Waals surface area contributed by atoms with Crippen LogP contribution in [0.3, 0.4) is 0 Å². The molecule has 0 aliphatic rings. The van der Waals surface area contributed by atoms with Crippen LogP contribution < -0.4 is 9.62 Å². The van der Waals surface area contributed by atoms with Crippen LogP contribution in [0.25, 0.3) is 0 Å². The van der Waals surface area contributed by atoms with Crippen molar-refractivity contribution in [3.8, 4) is 0 Å². The lowest BCUT2D eigenvalue weighted by Crippen LogP contribution is -2.53. The first-order valence-corrected chi connectivity index (χ1v) is 15.1. The summed E-state index contributed by atoms with van der Waals surface area (Å²) in [6.45, 7) is -0.876. The van der Waals surface area contributed by atoms with Crippen molar-refractivity contribution in [1.82, 2.24) is 10.2 Å². The van der Waals surface area contributed by atoms with Gasteiger partial charge in [0.25, 0.3) is 10.0 Å². The number of amides is 2. The predicted molar refractivity (Wildman–Crippen MR) is 162 cm³/mol. The number of hydrogen-bond donors (Lipinski definition) is 1. The van der Waals surface area contributed by atoms with Gasteiger partial charge >= 0.3 is 0 Å². The Kier molecular flexibility index (Phi) is 10.2. The fraction of sp³-hybridized carbons (Fsp3) is 0.161. The molecule has 1 unspecified atom stereocenters. The molecule has 4 rings (SSSR count). The van der Waals surface area contributed by atoms with Gasteiger partial charge in [0.2, 0.25) is 11.8 Å². The van der Waals surface area contributed by atoms with E-state index in [4.69, 9.17) is 23.2 Å². The molecule has 0 saturated carbocycles. The van der Waals surface area contributed by atoms with E-state index in [0.29, 0.717) is 10.6 Å². The molecule has 0 radical (unpaired) electrons. The second-order valence-corrected chi connectivity index (χ2v) is 12.0. The Labute approximate surface area is 254 Å². The second-order valence-electron chi connectivity index (χ2n) is 9.37. The highest BCUT2D eigenvalue weighted by atomic mass is 35.5. The molecule has 4 aromatic carbocycles. The van der Waals surface area contributed by atoms with Crippen molar-refractivity contribution in [3.05, 3.63) is 130 Å². The maximum Gasteiger partial charge on any atom is 0.264 e. The third-order valence-electron chi connectivity index (χ3n) is 6.59. The largest absolute Gasteiger partial charge is 0.357 e. The first-order valence-electron chi connectivity index (χ1n) is 12.9. The molecule has 0 aliphatic heterocycles. The maximum atomic E-state index is 15.1. The van der Waals surface area contributed by atoms with Gasteiger partial charge in [-0.05, 0) is 47.5 Å². The van der Waals surface area contributed by atoms with Crippen molar-refractivity contribution in [2.75, 3.05) is 17.9 Å². The highest BCUT2D eigenvalue weighted by molar-refractivity contribution is 7.92. The van der Waals surface area contributed by atoms with Crippen molar-refractivity contribution in [2.45, 2.75) is 23.9 Å². The first-order chi connectivity index (χ1) is 20.1. The fourth-order valence-corrected chi connectivity index (χ4v) is 6.21. The molecule has 1 N–H and O–H groups in total. The molecule has 0 spiro atoms. The SMILES string of the molecule is CNC(=O)C(Cc1ccccc1)N(Cc1ccc(Cl)c(Cl)c1)C(=O)CN(c1ccccc1F)S(=O)(=O)c1ccccc1. The minimum absolute atomic E-state index is 0.100. The van der Waals surface area contributed by atoms with Crippen LogP contribution in [-0.4, -0.2) is 44.8 Å². The molecule has 1 atom stereocenters. The number of nitrogens with one attached hydrogen (secondary N) is 1. The molecule has 0 aromatic heterocycles. The van der Waals surface area contributed by atoms with Crippen molar-refractivity contribution in [3.63, 3.8) is 0 Å². The van der Waals surface area contributed by atoms with Crippen LogP contribution in [0.5, 0.6) is 0 Å². The van der Waals surface area contributed by atoms with E-state index in [9.17, 15) is 18.0 Å². The van der Waals surface area contributed by atoms with Crippen LogP contribution in [0.1, 0.15) is 11.1 Å². The molecule has 7 nitrogen and oxygen atoms in total. The van der Waals surface area contributed by atoms with Gasteiger partial charge in [0.05, 0.1) is 20.6 Å². The van der Waals surface area contributed by atoms with Gasteiger partial charge in [-0.25, -0.2) is 12.8 Å². The summed E-state index contributed by atoms with van der Waals surface area (Å²) in [7, 11) is -2.94. The molecule has 4 aromatic rings. The van der Waals surface area contributed by atoms with Crippen LogP contribution in [0.15, 0.2) is 108 Å². The van der Waals surface area contributed by atoms with Crippen LogP contribution in [0, 0.1) is 5.82 Å². The van der Waals surface area contributed by atoms with Gasteiger partial charge in [0.15, 0.2) is 0 Å². The normalized spacial score (nSPS) is 11.9. The van der Waals surface area contributed by atoms with Crippen LogP contribution in [-0.2, 0) is 32.6 Å². The van der Waals surface area contributed by atoms with Crippen LogP contribution in [0.4, 0.5) is 10.1 Å². The summed E-state index contributed by atoms with van der Waals surface area (Å²) in [4.78, 5) is 28.6. The monoisotopic (exact) mass is 627 g/mol. The summed E-state index contributed by atoms with van der Waals surface area (Å²) in [6.07, 6.45) is 0.138. The lowest BCUT2D eigenvalue weighted by atomic mass is 10.0. The Morgan fingerprint density at radius 1 is 0.833 bits per heavy atom. The van der Waals surface area contributed by atoms with E-state index in [1.807, 2.05) is 30.3 Å². The Morgan fingerprint density at radius 3 is 2.07 bits per heavy atom. The molecular formula is C31H28Cl2FN3O4S. The van der Waals surface area contributed by atoms with Gasteiger partial charge in [-0.3, -0.25) is 13.9 Å². The van der Waals surface area contributed by atoms with Gasteiger partial charge in [0, 0.05) is 20.0 Å². The number of nitrogens with zero attached hydrogens (tertiary/aromatic N) is 2. The van der Waals surface area contributed by atoms with E-state index in [1.165, 1.54) is 54.4 Å². The number of sulfonamides is 1. The number of halogens is 3. The molecule has 0 fully saturated rings. The topological polar surface area (TPSA) is 86.8 Å². The Hall–Kier alpha value is -3.92. The molecule has 11 heteroatoms. The summed E-state index contributed by atoms with van der Waals surface area (Å²) in [5, 5.41) is 3.17. The van der Waals surface area contributed by atoms with Crippen molar-refractivity contribution >= 4 is 50.7 Å². The zero-order valence-corrected chi connectivity index (χ0v) is 24.9. The molecule has 42 heavy (non-hydrogen) atoms. The van der Waals surface area contributed by atoms with E-state index in [-0.39, 0.29) is 28.6 Å². The van der Waals surface area contributed by atoms with Crippen LogP contribution >= 0.6 is 23.2 Å². The summed E-state index contributed by atoms with van der Waals surface area (Å²) in [6, 6.07) is 25.6. The van der Waals surface area contributed by atoms with Gasteiger partial charge in [-0.15, -0.1) is 0 Å². The van der Waals surface area contributed by atoms with Gasteiger partial charge in [-0.1, -0.05) is 89.9 Å².